The minimum Gasteiger partial charge on any atom is -0.337 e. The number of nitrogens with zero attached hydrogens (tertiary/aromatic N) is 4. The highest BCUT2D eigenvalue weighted by molar-refractivity contribution is 5.45. The van der Waals surface area contributed by atoms with E-state index in [9.17, 15) is 0 Å². The number of nitrogens with one attached hydrogen (secondary N) is 1. The lowest BCUT2D eigenvalue weighted by Crippen LogP contribution is -2.28. The smallest absolute Gasteiger partial charge is 0.244 e. The summed E-state index contributed by atoms with van der Waals surface area (Å²) in [4.78, 5) is 12.6. The Balaban J connectivity index is 1.60. The van der Waals surface area contributed by atoms with E-state index >= 15 is 0 Å². The molecule has 1 N–H and O–H groups in total. The van der Waals surface area contributed by atoms with Crippen molar-refractivity contribution in [1.82, 2.24) is 25.4 Å². The summed E-state index contributed by atoms with van der Waals surface area (Å²) in [6.45, 7) is 0.809. The molecule has 1 atom stereocenters. The maximum atomic E-state index is 5.38. The molecule has 2 aromatic heterocycles. The van der Waals surface area contributed by atoms with Gasteiger partial charge in [-0.25, -0.2) is 4.98 Å². The second kappa shape index (κ2) is 5.06. The molecule has 0 aliphatic carbocycles. The van der Waals surface area contributed by atoms with Crippen molar-refractivity contribution < 1.29 is 4.52 Å². The van der Waals surface area contributed by atoms with Crippen LogP contribution in [0.3, 0.4) is 0 Å². The number of fused-ring (bicyclic) bond motifs is 1. The summed E-state index contributed by atoms with van der Waals surface area (Å²) >= 11 is 0. The average Bonchev–Trinajstić information content (AvgIpc) is 3.05. The first-order chi connectivity index (χ1) is 10.4. The van der Waals surface area contributed by atoms with Gasteiger partial charge in [-0.1, -0.05) is 29.4 Å². The van der Waals surface area contributed by atoms with Crippen LogP contribution in [0.25, 0.3) is 11.5 Å². The van der Waals surface area contributed by atoms with Crippen LogP contribution in [0, 0.1) is 0 Å². The molecule has 6 heteroatoms. The third-order valence-corrected chi connectivity index (χ3v) is 3.61. The first kappa shape index (κ1) is 12.2. The quantitative estimate of drug-likeness (QED) is 0.772. The topological polar surface area (TPSA) is 76.7 Å². The van der Waals surface area contributed by atoms with Gasteiger partial charge in [0, 0.05) is 18.9 Å². The number of rotatable bonds is 2. The van der Waals surface area contributed by atoms with Gasteiger partial charge < -0.3 is 9.84 Å². The van der Waals surface area contributed by atoms with Crippen molar-refractivity contribution in [2.24, 2.45) is 0 Å². The van der Waals surface area contributed by atoms with Crippen LogP contribution in [0.5, 0.6) is 0 Å². The largest absolute Gasteiger partial charge is 0.337 e. The molecule has 1 aromatic carbocycles. The van der Waals surface area contributed by atoms with Crippen LogP contribution in [0.15, 0.2) is 47.4 Å². The summed E-state index contributed by atoms with van der Waals surface area (Å²) in [5.74, 6) is 1.06. The zero-order chi connectivity index (χ0) is 14.1. The van der Waals surface area contributed by atoms with Gasteiger partial charge >= 0.3 is 0 Å². The molecule has 104 valence electrons. The zero-order valence-electron chi connectivity index (χ0n) is 11.2. The third-order valence-electron chi connectivity index (χ3n) is 3.61. The first-order valence-corrected chi connectivity index (χ1v) is 6.80. The van der Waals surface area contributed by atoms with Crippen molar-refractivity contribution in [2.45, 2.75) is 19.0 Å². The summed E-state index contributed by atoms with van der Waals surface area (Å²) in [5.41, 5.74) is 3.26. The molecular formula is C15H13N5O. The van der Waals surface area contributed by atoms with Crippen LogP contribution >= 0.6 is 0 Å². The maximum Gasteiger partial charge on any atom is 0.244 e. The van der Waals surface area contributed by atoms with Gasteiger partial charge in [-0.05, 0) is 17.5 Å². The highest BCUT2D eigenvalue weighted by Crippen LogP contribution is 2.25. The predicted octanol–water partition coefficient (Wildman–Crippen LogP) is 1.91. The molecule has 3 heterocycles. The Morgan fingerprint density at radius 3 is 2.90 bits per heavy atom. The van der Waals surface area contributed by atoms with Gasteiger partial charge in [-0.15, -0.1) is 0 Å². The molecule has 6 nitrogen and oxygen atoms in total. The van der Waals surface area contributed by atoms with E-state index in [-0.39, 0.29) is 6.04 Å². The van der Waals surface area contributed by atoms with E-state index in [1.54, 1.807) is 18.6 Å². The summed E-state index contributed by atoms with van der Waals surface area (Å²) in [6.07, 6.45) is 5.70. The van der Waals surface area contributed by atoms with Crippen LogP contribution in [0.2, 0.25) is 0 Å². The normalized spacial score (nSPS) is 17.4. The number of hydrogen-bond acceptors (Lipinski definition) is 6. The van der Waals surface area contributed by atoms with Crippen LogP contribution < -0.4 is 5.32 Å². The number of benzene rings is 1. The highest BCUT2D eigenvalue weighted by atomic mass is 16.5. The van der Waals surface area contributed by atoms with E-state index in [0.717, 1.165) is 13.0 Å². The predicted molar refractivity (Wildman–Crippen MR) is 75.1 cm³/mol. The Morgan fingerprint density at radius 1 is 1.14 bits per heavy atom. The lowest BCUT2D eigenvalue weighted by Gasteiger charge is -2.23. The lowest BCUT2D eigenvalue weighted by atomic mass is 9.96. The van der Waals surface area contributed by atoms with Gasteiger partial charge in [-0.2, -0.15) is 4.98 Å². The summed E-state index contributed by atoms with van der Waals surface area (Å²) < 4.78 is 5.38. The number of aromatic nitrogens is 4. The molecule has 0 radical (unpaired) electrons. The van der Waals surface area contributed by atoms with Gasteiger partial charge in [0.2, 0.25) is 11.7 Å². The van der Waals surface area contributed by atoms with Crippen LogP contribution in [-0.2, 0) is 13.0 Å². The fourth-order valence-electron chi connectivity index (χ4n) is 2.52. The molecule has 1 aliphatic heterocycles. The first-order valence-electron chi connectivity index (χ1n) is 6.80. The number of hydrogen-bond donors (Lipinski definition) is 1. The lowest BCUT2D eigenvalue weighted by molar-refractivity contribution is 0.321. The molecule has 0 saturated carbocycles. The van der Waals surface area contributed by atoms with Crippen molar-refractivity contribution >= 4 is 0 Å². The molecule has 3 aromatic rings. The van der Waals surface area contributed by atoms with Crippen LogP contribution in [0.1, 0.15) is 23.1 Å². The molecule has 0 amide bonds. The van der Waals surface area contributed by atoms with Gasteiger partial charge in [0.1, 0.15) is 5.69 Å². The van der Waals surface area contributed by atoms with Crippen molar-refractivity contribution in [3.63, 3.8) is 0 Å². The van der Waals surface area contributed by atoms with E-state index < -0.39 is 0 Å². The summed E-state index contributed by atoms with van der Waals surface area (Å²) in [7, 11) is 0. The fraction of sp³-hybridized carbons (Fsp3) is 0.200. The maximum absolute atomic E-state index is 5.38. The second-order valence-electron chi connectivity index (χ2n) is 4.95. The monoisotopic (exact) mass is 279 g/mol. The molecule has 0 spiro atoms. The summed E-state index contributed by atoms with van der Waals surface area (Å²) in [6, 6.07) is 8.43. The molecule has 0 fully saturated rings. The zero-order valence-corrected chi connectivity index (χ0v) is 11.2. The van der Waals surface area contributed by atoms with Gasteiger partial charge in [0.25, 0.3) is 0 Å². The van der Waals surface area contributed by atoms with E-state index in [1.165, 1.54) is 11.1 Å². The van der Waals surface area contributed by atoms with E-state index in [1.807, 2.05) is 0 Å². The molecule has 0 bridgehead atoms. The Morgan fingerprint density at radius 2 is 2.05 bits per heavy atom. The standard InChI is InChI=1S/C15H13N5O/c1-2-4-11-8-18-12(7-10(11)3-1)15-19-14(20-21-15)13-9-16-5-6-17-13/h1-6,9,12,18H,7-8H2/t12-/m1/s1. The van der Waals surface area contributed by atoms with Crippen LogP contribution in [-0.4, -0.2) is 20.1 Å². The molecule has 21 heavy (non-hydrogen) atoms. The van der Waals surface area contributed by atoms with Crippen molar-refractivity contribution in [3.8, 4) is 11.5 Å². The minimum atomic E-state index is 0.0396. The van der Waals surface area contributed by atoms with Gasteiger partial charge in [-0.3, -0.25) is 4.98 Å². The fourth-order valence-corrected chi connectivity index (χ4v) is 2.52. The molecule has 1 aliphatic rings. The second-order valence-corrected chi connectivity index (χ2v) is 4.95. The van der Waals surface area contributed by atoms with Crippen molar-refractivity contribution in [3.05, 3.63) is 59.9 Å². The molecule has 4 rings (SSSR count). The van der Waals surface area contributed by atoms with E-state index in [0.29, 0.717) is 17.4 Å². The Labute approximate surface area is 121 Å². The Bertz CT molecular complexity index is 756. The summed E-state index contributed by atoms with van der Waals surface area (Å²) in [5, 5.41) is 7.41. The van der Waals surface area contributed by atoms with Crippen molar-refractivity contribution in [2.75, 3.05) is 0 Å². The Kier molecular flexibility index (Phi) is 2.93. The average molecular weight is 279 g/mol. The van der Waals surface area contributed by atoms with Gasteiger partial charge in [0.15, 0.2) is 0 Å². The molecule has 0 saturated heterocycles. The minimum absolute atomic E-state index is 0.0396. The van der Waals surface area contributed by atoms with Crippen LogP contribution in [0.4, 0.5) is 0 Å². The van der Waals surface area contributed by atoms with E-state index in [2.05, 4.69) is 49.7 Å². The molecular weight excluding hydrogens is 266 g/mol. The molecule has 0 unspecified atom stereocenters. The van der Waals surface area contributed by atoms with Gasteiger partial charge in [0.05, 0.1) is 12.2 Å². The SMILES string of the molecule is c1ccc2c(c1)CN[C@@H](c1nc(-c3cnccn3)no1)C2. The Hall–Kier alpha value is -2.60. The highest BCUT2D eigenvalue weighted by Gasteiger charge is 2.24. The van der Waals surface area contributed by atoms with E-state index in [4.69, 9.17) is 4.52 Å². The van der Waals surface area contributed by atoms with Crippen molar-refractivity contribution in [1.29, 1.82) is 0 Å². The third kappa shape index (κ3) is 2.30.